The zero-order chi connectivity index (χ0) is 25.0. The van der Waals surface area contributed by atoms with Crippen LogP contribution < -0.4 is 9.47 Å². The SMILES string of the molecule is COC(=O)COCCOC(=O)COC(=O)COCCOc1ccc(OCCOCC(C)=O)cc1. The zero-order valence-electron chi connectivity index (χ0n) is 19.3. The molecule has 0 fully saturated rings. The second-order valence-electron chi connectivity index (χ2n) is 6.49. The van der Waals surface area contributed by atoms with Gasteiger partial charge >= 0.3 is 17.9 Å². The molecule has 0 amide bonds. The third kappa shape index (κ3) is 15.6. The van der Waals surface area contributed by atoms with Crippen molar-refractivity contribution >= 4 is 23.7 Å². The summed E-state index contributed by atoms with van der Waals surface area (Å²) in [6, 6.07) is 6.88. The maximum absolute atomic E-state index is 11.6. The van der Waals surface area contributed by atoms with Crippen molar-refractivity contribution in [1.82, 2.24) is 0 Å². The van der Waals surface area contributed by atoms with Gasteiger partial charge in [-0.2, -0.15) is 0 Å². The number of ether oxygens (including phenoxy) is 8. The lowest BCUT2D eigenvalue weighted by Gasteiger charge is -2.09. The molecule has 0 aliphatic rings. The van der Waals surface area contributed by atoms with E-state index in [4.69, 9.17) is 33.2 Å². The lowest BCUT2D eigenvalue weighted by atomic mass is 10.3. The van der Waals surface area contributed by atoms with Crippen molar-refractivity contribution < 1.29 is 57.1 Å². The molecule has 0 aromatic heterocycles. The Morgan fingerprint density at radius 2 is 1.06 bits per heavy atom. The molecule has 12 nitrogen and oxygen atoms in total. The minimum Gasteiger partial charge on any atom is -0.491 e. The van der Waals surface area contributed by atoms with Gasteiger partial charge in [0.05, 0.1) is 26.9 Å². The molecule has 0 unspecified atom stereocenters. The molecule has 0 N–H and O–H groups in total. The first kappa shape index (κ1) is 28.8. The van der Waals surface area contributed by atoms with Crippen molar-refractivity contribution in [3.8, 4) is 11.5 Å². The Hall–Kier alpha value is -3.22. The molecule has 0 spiro atoms. The monoisotopic (exact) mass is 486 g/mol. The van der Waals surface area contributed by atoms with E-state index in [9.17, 15) is 19.2 Å². The summed E-state index contributed by atoms with van der Waals surface area (Å²) in [5, 5.41) is 0. The summed E-state index contributed by atoms with van der Waals surface area (Å²) in [4.78, 5) is 44.6. The highest BCUT2D eigenvalue weighted by Crippen LogP contribution is 2.17. The number of hydrogen-bond acceptors (Lipinski definition) is 12. The largest absolute Gasteiger partial charge is 0.491 e. The molecule has 0 saturated carbocycles. The van der Waals surface area contributed by atoms with E-state index in [0.29, 0.717) is 24.7 Å². The van der Waals surface area contributed by atoms with E-state index in [2.05, 4.69) is 4.74 Å². The number of benzene rings is 1. The fourth-order valence-electron chi connectivity index (χ4n) is 2.09. The third-order valence-electron chi connectivity index (χ3n) is 3.63. The predicted molar refractivity (Wildman–Crippen MR) is 115 cm³/mol. The summed E-state index contributed by atoms with van der Waals surface area (Å²) in [6.45, 7) is 1.23. The van der Waals surface area contributed by atoms with Crippen molar-refractivity contribution in [2.24, 2.45) is 0 Å². The van der Waals surface area contributed by atoms with Crippen molar-refractivity contribution in [2.45, 2.75) is 6.92 Å². The molecule has 0 aliphatic heterocycles. The van der Waals surface area contributed by atoms with Crippen LogP contribution >= 0.6 is 0 Å². The van der Waals surface area contributed by atoms with Crippen LogP contribution in [0.5, 0.6) is 11.5 Å². The van der Waals surface area contributed by atoms with Gasteiger partial charge in [0, 0.05) is 0 Å². The number of carbonyl (C=O) groups excluding carboxylic acids is 4. The first-order valence-corrected chi connectivity index (χ1v) is 10.4. The number of esters is 3. The molecule has 190 valence electrons. The Labute approximate surface area is 197 Å². The molecule has 1 rings (SSSR count). The van der Waals surface area contributed by atoms with Gasteiger partial charge in [0.1, 0.15) is 51.1 Å². The van der Waals surface area contributed by atoms with Crippen molar-refractivity contribution in [3.05, 3.63) is 24.3 Å². The van der Waals surface area contributed by atoms with Gasteiger partial charge in [-0.05, 0) is 31.2 Å². The van der Waals surface area contributed by atoms with Crippen molar-refractivity contribution in [1.29, 1.82) is 0 Å². The standard InChI is InChI=1S/C22H30O12/c1-17(23)13-28-7-10-31-18-3-5-19(6-4-18)32-11-8-30-15-21(25)34-16-22(26)33-12-9-29-14-20(24)27-2/h3-6H,7-16H2,1-2H3. The van der Waals surface area contributed by atoms with Crippen LogP contribution in [0.4, 0.5) is 0 Å². The highest BCUT2D eigenvalue weighted by atomic mass is 16.6. The van der Waals surface area contributed by atoms with Crippen LogP contribution in [0.15, 0.2) is 24.3 Å². The predicted octanol–water partition coefficient (Wildman–Crippen LogP) is 0.342. The summed E-state index contributed by atoms with van der Waals surface area (Å²) in [5.41, 5.74) is 0. The Morgan fingerprint density at radius 3 is 1.59 bits per heavy atom. The smallest absolute Gasteiger partial charge is 0.344 e. The maximum atomic E-state index is 11.6. The maximum Gasteiger partial charge on any atom is 0.344 e. The van der Waals surface area contributed by atoms with E-state index >= 15 is 0 Å². The Balaban J connectivity index is 2.02. The van der Waals surface area contributed by atoms with Gasteiger partial charge in [-0.3, -0.25) is 4.79 Å². The fraction of sp³-hybridized carbons (Fsp3) is 0.545. The van der Waals surface area contributed by atoms with Crippen LogP contribution in [0.25, 0.3) is 0 Å². The molecule has 1 aromatic carbocycles. The van der Waals surface area contributed by atoms with Gasteiger partial charge in [0.25, 0.3) is 0 Å². The van der Waals surface area contributed by atoms with Crippen LogP contribution in [-0.4, -0.2) is 96.9 Å². The van der Waals surface area contributed by atoms with E-state index in [0.717, 1.165) is 0 Å². The summed E-state index contributed by atoms with van der Waals surface area (Å²) in [5.74, 6) is -0.852. The van der Waals surface area contributed by atoms with Crippen LogP contribution in [-0.2, 0) is 47.6 Å². The van der Waals surface area contributed by atoms with E-state index in [-0.39, 0.29) is 52.0 Å². The molecule has 0 heterocycles. The number of ketones is 1. The number of rotatable bonds is 19. The zero-order valence-corrected chi connectivity index (χ0v) is 19.3. The molecular formula is C22H30O12. The average Bonchev–Trinajstić information content (AvgIpc) is 2.82. The van der Waals surface area contributed by atoms with Crippen LogP contribution in [0, 0.1) is 0 Å². The Morgan fingerprint density at radius 1 is 0.588 bits per heavy atom. The quantitative estimate of drug-likeness (QED) is 0.151. The summed E-state index contributed by atoms with van der Waals surface area (Å²) < 4.78 is 40.0. The lowest BCUT2D eigenvalue weighted by Crippen LogP contribution is -2.22. The summed E-state index contributed by atoms with van der Waals surface area (Å²) >= 11 is 0. The number of hydrogen-bond donors (Lipinski definition) is 0. The van der Waals surface area contributed by atoms with Gasteiger partial charge in [-0.1, -0.05) is 0 Å². The van der Waals surface area contributed by atoms with Crippen LogP contribution in [0.2, 0.25) is 0 Å². The molecule has 0 aliphatic carbocycles. The van der Waals surface area contributed by atoms with E-state index < -0.39 is 24.5 Å². The van der Waals surface area contributed by atoms with Crippen molar-refractivity contribution in [2.75, 3.05) is 73.2 Å². The van der Waals surface area contributed by atoms with Crippen LogP contribution in [0.1, 0.15) is 6.92 Å². The Kier molecular flexibility index (Phi) is 15.5. The highest BCUT2D eigenvalue weighted by molar-refractivity contribution is 5.77. The first-order valence-electron chi connectivity index (χ1n) is 10.4. The average molecular weight is 486 g/mol. The number of carbonyl (C=O) groups is 4. The first-order chi connectivity index (χ1) is 16.4. The summed E-state index contributed by atoms with van der Waals surface area (Å²) in [6.07, 6.45) is 0. The summed E-state index contributed by atoms with van der Waals surface area (Å²) in [7, 11) is 1.23. The number of Topliss-reactive ketones (excluding diaryl/α,β-unsaturated/α-hetero) is 1. The minimum absolute atomic E-state index is 0.00479. The van der Waals surface area contributed by atoms with E-state index in [1.54, 1.807) is 24.3 Å². The fourth-order valence-corrected chi connectivity index (χ4v) is 2.09. The molecule has 0 bridgehead atoms. The highest BCUT2D eigenvalue weighted by Gasteiger charge is 2.09. The molecule has 1 aromatic rings. The lowest BCUT2D eigenvalue weighted by molar-refractivity contribution is -0.162. The molecule has 34 heavy (non-hydrogen) atoms. The normalized spacial score (nSPS) is 10.3. The van der Waals surface area contributed by atoms with Gasteiger partial charge in [-0.25, -0.2) is 14.4 Å². The van der Waals surface area contributed by atoms with Gasteiger partial charge < -0.3 is 37.9 Å². The topological polar surface area (TPSA) is 142 Å². The third-order valence-corrected chi connectivity index (χ3v) is 3.63. The molecule has 0 saturated heterocycles. The molecular weight excluding hydrogens is 456 g/mol. The van der Waals surface area contributed by atoms with Crippen molar-refractivity contribution in [3.63, 3.8) is 0 Å². The molecule has 12 heteroatoms. The molecule has 0 atom stereocenters. The van der Waals surface area contributed by atoms with Gasteiger partial charge in [0.15, 0.2) is 12.4 Å². The van der Waals surface area contributed by atoms with E-state index in [1.807, 2.05) is 0 Å². The molecule has 0 radical (unpaired) electrons. The van der Waals surface area contributed by atoms with Crippen LogP contribution in [0.3, 0.4) is 0 Å². The van der Waals surface area contributed by atoms with E-state index in [1.165, 1.54) is 14.0 Å². The second kappa shape index (κ2) is 18.2. The number of methoxy groups -OCH3 is 1. The van der Waals surface area contributed by atoms with Gasteiger partial charge in [-0.15, -0.1) is 0 Å². The second-order valence-corrected chi connectivity index (χ2v) is 6.49. The van der Waals surface area contributed by atoms with Gasteiger partial charge in [0.2, 0.25) is 0 Å². The minimum atomic E-state index is -0.755. The Bertz CT molecular complexity index is 747.